The zero-order valence-corrected chi connectivity index (χ0v) is 11.4. The first kappa shape index (κ1) is 15.2. The Labute approximate surface area is 109 Å². The third-order valence-electron chi connectivity index (χ3n) is 3.84. The van der Waals surface area contributed by atoms with E-state index in [0.29, 0.717) is 13.1 Å². The second-order valence-electron chi connectivity index (χ2n) is 5.51. The Morgan fingerprint density at radius 1 is 1.44 bits per heavy atom. The monoisotopic (exact) mass is 255 g/mol. The summed E-state index contributed by atoms with van der Waals surface area (Å²) in [6.45, 7) is 5.05. The number of aliphatic carboxylic acids is 1. The highest BCUT2D eigenvalue weighted by molar-refractivity contribution is 5.80. The summed E-state index contributed by atoms with van der Waals surface area (Å²) in [5.41, 5.74) is 0.170. The fourth-order valence-electron chi connectivity index (χ4n) is 2.55. The van der Waals surface area contributed by atoms with E-state index in [2.05, 4.69) is 12.2 Å². The molecule has 0 aromatic carbocycles. The van der Waals surface area contributed by atoms with Crippen molar-refractivity contribution in [2.75, 3.05) is 13.1 Å². The van der Waals surface area contributed by atoms with Crippen molar-refractivity contribution in [1.82, 2.24) is 5.32 Å². The van der Waals surface area contributed by atoms with Crippen LogP contribution in [0.1, 0.15) is 46.0 Å². The number of carboxylic acid groups (broad SMARTS) is 1. The zero-order valence-electron chi connectivity index (χ0n) is 11.4. The van der Waals surface area contributed by atoms with Crippen molar-refractivity contribution in [2.45, 2.75) is 51.6 Å². The molecule has 0 saturated heterocycles. The van der Waals surface area contributed by atoms with E-state index in [1.165, 1.54) is 12.5 Å². The van der Waals surface area contributed by atoms with Crippen LogP contribution in [0.2, 0.25) is 0 Å². The first-order chi connectivity index (χ1) is 8.45. The maximum atomic E-state index is 10.5. The number of hydrogen-bond acceptors (Lipinski definition) is 3. The molecule has 3 N–H and O–H groups in total. The van der Waals surface area contributed by atoms with E-state index in [1.54, 1.807) is 6.92 Å². The van der Waals surface area contributed by atoms with Gasteiger partial charge in [-0.15, -0.1) is 0 Å². The van der Waals surface area contributed by atoms with Crippen LogP contribution in [-0.2, 0) is 4.79 Å². The summed E-state index contributed by atoms with van der Waals surface area (Å²) < 4.78 is 0. The minimum atomic E-state index is -0.920. The molecule has 0 spiro atoms. The summed E-state index contributed by atoms with van der Waals surface area (Å²) in [7, 11) is 0. The Morgan fingerprint density at radius 3 is 2.56 bits per heavy atom. The summed E-state index contributed by atoms with van der Waals surface area (Å²) in [5.74, 6) is -0.157. The minimum absolute atomic E-state index is 0.520. The second-order valence-corrected chi connectivity index (χ2v) is 5.51. The van der Waals surface area contributed by atoms with Gasteiger partial charge < -0.3 is 15.5 Å². The van der Waals surface area contributed by atoms with Gasteiger partial charge in [-0.3, -0.25) is 0 Å². The van der Waals surface area contributed by atoms with Crippen LogP contribution >= 0.6 is 0 Å². The van der Waals surface area contributed by atoms with E-state index in [0.717, 1.165) is 37.2 Å². The van der Waals surface area contributed by atoms with Crippen molar-refractivity contribution >= 4 is 5.97 Å². The van der Waals surface area contributed by atoms with Gasteiger partial charge in [0.2, 0.25) is 0 Å². The Kier molecular flexibility index (Phi) is 5.82. The molecule has 18 heavy (non-hydrogen) atoms. The first-order valence-electron chi connectivity index (χ1n) is 6.78. The summed E-state index contributed by atoms with van der Waals surface area (Å²) in [4.78, 5) is 10.5. The number of carboxylic acids is 1. The van der Waals surface area contributed by atoms with Crippen molar-refractivity contribution < 1.29 is 15.0 Å². The van der Waals surface area contributed by atoms with Crippen LogP contribution in [0.25, 0.3) is 0 Å². The second kappa shape index (κ2) is 6.90. The summed E-state index contributed by atoms with van der Waals surface area (Å²) >= 11 is 0. The van der Waals surface area contributed by atoms with Gasteiger partial charge in [0, 0.05) is 19.2 Å². The topological polar surface area (TPSA) is 69.6 Å². The van der Waals surface area contributed by atoms with Crippen LogP contribution < -0.4 is 5.32 Å². The number of nitrogens with one attached hydrogen (secondary N) is 1. The Balaban J connectivity index is 2.29. The Hall–Kier alpha value is -0.870. The molecule has 0 heterocycles. The lowest BCUT2D eigenvalue weighted by atomic mass is 9.78. The lowest BCUT2D eigenvalue weighted by Gasteiger charge is -2.36. The summed E-state index contributed by atoms with van der Waals surface area (Å²) in [6, 6.07) is 0. The van der Waals surface area contributed by atoms with Gasteiger partial charge in [-0.05, 0) is 38.5 Å². The molecule has 1 aliphatic rings. The summed E-state index contributed by atoms with van der Waals surface area (Å²) in [5, 5.41) is 22.1. The fourth-order valence-corrected chi connectivity index (χ4v) is 2.55. The largest absolute Gasteiger partial charge is 0.478 e. The smallest absolute Gasteiger partial charge is 0.328 e. The van der Waals surface area contributed by atoms with E-state index in [-0.39, 0.29) is 0 Å². The standard InChI is InChI=1S/C14H25NO3/c1-3-12-4-6-14(18,7-5-12)10-15-9-11(2)8-13(16)17/h8,12,15,18H,3-7,9-10H2,1-2H3,(H,16,17). The van der Waals surface area contributed by atoms with Gasteiger partial charge in [0.1, 0.15) is 0 Å². The van der Waals surface area contributed by atoms with Crippen LogP contribution in [-0.4, -0.2) is 34.9 Å². The van der Waals surface area contributed by atoms with Crippen molar-refractivity contribution in [2.24, 2.45) is 5.92 Å². The van der Waals surface area contributed by atoms with Crippen LogP contribution in [0.4, 0.5) is 0 Å². The van der Waals surface area contributed by atoms with Crippen molar-refractivity contribution in [3.05, 3.63) is 11.6 Å². The molecule has 0 aromatic rings. The number of aliphatic hydroxyl groups is 1. The van der Waals surface area contributed by atoms with Crippen LogP contribution in [0.15, 0.2) is 11.6 Å². The molecule has 1 fully saturated rings. The van der Waals surface area contributed by atoms with Gasteiger partial charge >= 0.3 is 5.97 Å². The number of rotatable bonds is 6. The third-order valence-corrected chi connectivity index (χ3v) is 3.84. The minimum Gasteiger partial charge on any atom is -0.478 e. The quantitative estimate of drug-likeness (QED) is 0.634. The average Bonchev–Trinajstić information content (AvgIpc) is 2.29. The van der Waals surface area contributed by atoms with Gasteiger partial charge in [-0.2, -0.15) is 0 Å². The molecule has 0 radical (unpaired) electrons. The molecule has 1 aliphatic carbocycles. The average molecular weight is 255 g/mol. The fraction of sp³-hybridized carbons (Fsp3) is 0.786. The van der Waals surface area contributed by atoms with Gasteiger partial charge in [0.15, 0.2) is 0 Å². The first-order valence-corrected chi connectivity index (χ1v) is 6.78. The van der Waals surface area contributed by atoms with E-state index >= 15 is 0 Å². The van der Waals surface area contributed by atoms with E-state index in [1.807, 2.05) is 0 Å². The predicted octanol–water partition coefficient (Wildman–Crippen LogP) is 1.94. The van der Waals surface area contributed by atoms with E-state index < -0.39 is 11.6 Å². The lowest BCUT2D eigenvalue weighted by Crippen LogP contribution is -2.43. The molecule has 0 aliphatic heterocycles. The maximum Gasteiger partial charge on any atom is 0.328 e. The van der Waals surface area contributed by atoms with Crippen molar-refractivity contribution in [3.63, 3.8) is 0 Å². The number of hydrogen-bond donors (Lipinski definition) is 3. The Bertz CT molecular complexity index is 304. The molecule has 4 nitrogen and oxygen atoms in total. The molecule has 0 amide bonds. The van der Waals surface area contributed by atoms with Gasteiger partial charge in [0.05, 0.1) is 5.60 Å². The lowest BCUT2D eigenvalue weighted by molar-refractivity contribution is -0.131. The Morgan fingerprint density at radius 2 is 2.06 bits per heavy atom. The molecule has 104 valence electrons. The normalized spacial score (nSPS) is 29.3. The van der Waals surface area contributed by atoms with Gasteiger partial charge in [-0.25, -0.2) is 4.79 Å². The molecule has 1 saturated carbocycles. The third kappa shape index (κ3) is 5.19. The van der Waals surface area contributed by atoms with Crippen molar-refractivity contribution in [1.29, 1.82) is 0 Å². The molecule has 0 unspecified atom stereocenters. The highest BCUT2D eigenvalue weighted by atomic mass is 16.4. The SMILES string of the molecule is CCC1CCC(O)(CNCC(C)=CC(=O)O)CC1. The molecule has 0 bridgehead atoms. The number of carbonyl (C=O) groups is 1. The van der Waals surface area contributed by atoms with E-state index in [9.17, 15) is 9.90 Å². The molecular weight excluding hydrogens is 230 g/mol. The van der Waals surface area contributed by atoms with Crippen LogP contribution in [0.5, 0.6) is 0 Å². The molecule has 4 heteroatoms. The highest BCUT2D eigenvalue weighted by Crippen LogP contribution is 2.33. The molecule has 0 atom stereocenters. The van der Waals surface area contributed by atoms with Crippen LogP contribution in [0, 0.1) is 5.92 Å². The van der Waals surface area contributed by atoms with Crippen LogP contribution in [0.3, 0.4) is 0 Å². The highest BCUT2D eigenvalue weighted by Gasteiger charge is 2.31. The zero-order chi connectivity index (χ0) is 13.6. The van der Waals surface area contributed by atoms with E-state index in [4.69, 9.17) is 5.11 Å². The van der Waals surface area contributed by atoms with Gasteiger partial charge in [-0.1, -0.05) is 18.9 Å². The predicted molar refractivity (Wildman–Crippen MR) is 71.5 cm³/mol. The van der Waals surface area contributed by atoms with Crippen molar-refractivity contribution in [3.8, 4) is 0 Å². The molecular formula is C14H25NO3. The molecule has 1 rings (SSSR count). The molecule has 0 aromatic heterocycles. The van der Waals surface area contributed by atoms with Gasteiger partial charge in [0.25, 0.3) is 0 Å². The summed E-state index contributed by atoms with van der Waals surface area (Å²) in [6.07, 6.45) is 6.28. The maximum absolute atomic E-state index is 10.5.